The van der Waals surface area contributed by atoms with Crippen molar-refractivity contribution in [2.45, 2.75) is 36.7 Å². The van der Waals surface area contributed by atoms with Crippen LogP contribution in [-0.2, 0) is 15.7 Å². The lowest BCUT2D eigenvalue weighted by molar-refractivity contribution is -0.141. The van der Waals surface area contributed by atoms with Crippen LogP contribution in [0.3, 0.4) is 0 Å². The number of thioether (sulfide) groups is 1. The topological polar surface area (TPSA) is 77.2 Å². The van der Waals surface area contributed by atoms with E-state index in [-0.39, 0.29) is 40.8 Å². The summed E-state index contributed by atoms with van der Waals surface area (Å²) >= 11 is 0.993. The third-order valence-corrected chi connectivity index (χ3v) is 4.73. The molecule has 3 rings (SSSR count). The average Bonchev–Trinajstić information content (AvgIpc) is 3.33. The van der Waals surface area contributed by atoms with E-state index in [0.29, 0.717) is 13.2 Å². The zero-order valence-electron chi connectivity index (χ0n) is 14.3. The molecule has 27 heavy (non-hydrogen) atoms. The molecule has 146 valence electrons. The zero-order chi connectivity index (χ0) is 19.3. The first-order valence-corrected chi connectivity index (χ1v) is 9.41. The minimum Gasteiger partial charge on any atom is -0.463 e. The van der Waals surface area contributed by atoms with Crippen molar-refractivity contribution in [3.63, 3.8) is 0 Å². The number of aromatic nitrogens is 2. The molecule has 1 saturated heterocycles. The van der Waals surface area contributed by atoms with E-state index in [1.54, 1.807) is 6.07 Å². The smallest absolute Gasteiger partial charge is 0.433 e. The summed E-state index contributed by atoms with van der Waals surface area (Å²) < 4.78 is 49.8. The summed E-state index contributed by atoms with van der Waals surface area (Å²) in [5.41, 5.74) is -0.998. The van der Waals surface area contributed by atoms with Crippen molar-refractivity contribution < 1.29 is 27.1 Å². The Balaban J connectivity index is 1.58. The van der Waals surface area contributed by atoms with Gasteiger partial charge in [0.2, 0.25) is 5.91 Å². The maximum atomic E-state index is 13.1. The van der Waals surface area contributed by atoms with Crippen LogP contribution >= 0.6 is 11.8 Å². The van der Waals surface area contributed by atoms with Crippen LogP contribution in [0, 0.1) is 0 Å². The summed E-state index contributed by atoms with van der Waals surface area (Å²) in [5, 5.41) is 2.71. The Bertz CT molecular complexity index is 763. The number of hydrogen-bond acceptors (Lipinski definition) is 6. The van der Waals surface area contributed by atoms with Gasteiger partial charge in [0.05, 0.1) is 12.4 Å². The van der Waals surface area contributed by atoms with Gasteiger partial charge in [-0.15, -0.1) is 0 Å². The standard InChI is InChI=1S/C17H18F3N3O3S/c18-17(19,20)14-9-12(13-4-2-7-26-13)22-16(23-14)27-8-5-15(24)21-10-11-3-1-6-25-11/h2,4,7,9,11H,1,3,5-6,8,10H2,(H,21,24)/t11-/m0/s1. The Morgan fingerprint density at radius 3 is 2.89 bits per heavy atom. The molecule has 0 saturated carbocycles. The summed E-state index contributed by atoms with van der Waals surface area (Å²) in [7, 11) is 0. The van der Waals surface area contributed by atoms with Gasteiger partial charge in [0, 0.05) is 25.3 Å². The molecule has 0 bridgehead atoms. The van der Waals surface area contributed by atoms with E-state index in [0.717, 1.165) is 30.7 Å². The van der Waals surface area contributed by atoms with Crippen LogP contribution in [-0.4, -0.2) is 40.9 Å². The van der Waals surface area contributed by atoms with E-state index >= 15 is 0 Å². The first kappa shape index (κ1) is 19.7. The predicted molar refractivity (Wildman–Crippen MR) is 92.1 cm³/mol. The summed E-state index contributed by atoms with van der Waals surface area (Å²) in [4.78, 5) is 19.5. The molecule has 1 atom stereocenters. The van der Waals surface area contributed by atoms with E-state index in [2.05, 4.69) is 15.3 Å². The number of amides is 1. The van der Waals surface area contributed by atoms with Crippen molar-refractivity contribution >= 4 is 17.7 Å². The summed E-state index contributed by atoms with van der Waals surface area (Å²) in [6, 6.07) is 3.93. The minimum atomic E-state index is -4.60. The molecule has 1 amide bonds. The molecule has 1 N–H and O–H groups in total. The number of hydrogen-bond donors (Lipinski definition) is 1. The van der Waals surface area contributed by atoms with E-state index in [9.17, 15) is 18.0 Å². The molecule has 3 heterocycles. The second-order valence-electron chi connectivity index (χ2n) is 5.93. The number of carbonyl (C=O) groups is 1. The number of alkyl halides is 3. The highest BCUT2D eigenvalue weighted by Crippen LogP contribution is 2.32. The third-order valence-electron chi connectivity index (χ3n) is 3.88. The molecular formula is C17H18F3N3O3S. The Kier molecular flexibility index (Phi) is 6.38. The molecule has 0 aromatic carbocycles. The van der Waals surface area contributed by atoms with Crippen LogP contribution in [0.4, 0.5) is 13.2 Å². The fraction of sp³-hybridized carbons (Fsp3) is 0.471. The third kappa shape index (κ3) is 5.70. The minimum absolute atomic E-state index is 0.0456. The van der Waals surface area contributed by atoms with Gasteiger partial charge >= 0.3 is 6.18 Å². The van der Waals surface area contributed by atoms with Crippen molar-refractivity contribution in [2.75, 3.05) is 18.9 Å². The van der Waals surface area contributed by atoms with Crippen LogP contribution in [0.25, 0.3) is 11.5 Å². The maximum absolute atomic E-state index is 13.1. The van der Waals surface area contributed by atoms with Crippen molar-refractivity contribution in [1.82, 2.24) is 15.3 Å². The molecule has 2 aromatic heterocycles. The Hall–Kier alpha value is -2.07. The summed E-state index contributed by atoms with van der Waals surface area (Å²) in [6.45, 7) is 1.16. The van der Waals surface area contributed by atoms with Crippen LogP contribution in [0.5, 0.6) is 0 Å². The largest absolute Gasteiger partial charge is 0.463 e. The van der Waals surface area contributed by atoms with Gasteiger partial charge in [-0.2, -0.15) is 13.2 Å². The zero-order valence-corrected chi connectivity index (χ0v) is 15.1. The molecule has 6 nitrogen and oxygen atoms in total. The van der Waals surface area contributed by atoms with Gasteiger partial charge < -0.3 is 14.5 Å². The fourth-order valence-electron chi connectivity index (χ4n) is 2.54. The first-order valence-electron chi connectivity index (χ1n) is 8.43. The summed E-state index contributed by atoms with van der Waals surface area (Å²) in [6.07, 6.45) is -1.14. The van der Waals surface area contributed by atoms with E-state index in [1.807, 2.05) is 0 Å². The van der Waals surface area contributed by atoms with Crippen LogP contribution < -0.4 is 5.32 Å². The second-order valence-corrected chi connectivity index (χ2v) is 7.00. The van der Waals surface area contributed by atoms with Crippen molar-refractivity contribution in [3.8, 4) is 11.5 Å². The Labute approximate surface area is 157 Å². The number of halogens is 3. The average molecular weight is 401 g/mol. The second kappa shape index (κ2) is 8.75. The molecule has 1 aliphatic heterocycles. The van der Waals surface area contributed by atoms with Crippen molar-refractivity contribution in [3.05, 3.63) is 30.2 Å². The number of nitrogens with zero attached hydrogens (tertiary/aromatic N) is 2. The monoisotopic (exact) mass is 401 g/mol. The number of furan rings is 1. The van der Waals surface area contributed by atoms with Gasteiger partial charge in [0.1, 0.15) is 11.4 Å². The molecule has 10 heteroatoms. The molecule has 1 fully saturated rings. The fourth-order valence-corrected chi connectivity index (χ4v) is 3.34. The van der Waals surface area contributed by atoms with Gasteiger partial charge in [0.15, 0.2) is 10.9 Å². The van der Waals surface area contributed by atoms with Gasteiger partial charge in [-0.25, -0.2) is 9.97 Å². The van der Waals surface area contributed by atoms with Crippen LogP contribution in [0.2, 0.25) is 0 Å². The Morgan fingerprint density at radius 2 is 2.22 bits per heavy atom. The number of ether oxygens (including phenoxy) is 1. The molecule has 1 aliphatic rings. The molecule has 2 aromatic rings. The molecule has 0 unspecified atom stereocenters. The lowest BCUT2D eigenvalue weighted by Gasteiger charge is -2.11. The quantitative estimate of drug-likeness (QED) is 0.565. The predicted octanol–water partition coefficient (Wildman–Crippen LogP) is 3.53. The Morgan fingerprint density at radius 1 is 1.37 bits per heavy atom. The van der Waals surface area contributed by atoms with Gasteiger partial charge in [0.25, 0.3) is 0 Å². The number of nitrogens with one attached hydrogen (secondary N) is 1. The van der Waals surface area contributed by atoms with E-state index in [4.69, 9.17) is 9.15 Å². The number of rotatable bonds is 7. The lowest BCUT2D eigenvalue weighted by Crippen LogP contribution is -2.31. The van der Waals surface area contributed by atoms with Gasteiger partial charge in [-0.1, -0.05) is 11.8 Å². The van der Waals surface area contributed by atoms with Crippen molar-refractivity contribution in [1.29, 1.82) is 0 Å². The van der Waals surface area contributed by atoms with Crippen LogP contribution in [0.15, 0.2) is 34.0 Å². The molecular weight excluding hydrogens is 383 g/mol. The van der Waals surface area contributed by atoms with Gasteiger partial charge in [-0.05, 0) is 31.0 Å². The summed E-state index contributed by atoms with van der Waals surface area (Å²) in [5.74, 6) is 0.297. The van der Waals surface area contributed by atoms with E-state index in [1.165, 1.54) is 12.3 Å². The van der Waals surface area contributed by atoms with E-state index < -0.39 is 11.9 Å². The van der Waals surface area contributed by atoms with Gasteiger partial charge in [-0.3, -0.25) is 4.79 Å². The molecule has 0 spiro atoms. The highest BCUT2D eigenvalue weighted by molar-refractivity contribution is 7.99. The molecule has 0 radical (unpaired) electrons. The number of carbonyl (C=O) groups excluding carboxylic acids is 1. The lowest BCUT2D eigenvalue weighted by atomic mass is 10.2. The maximum Gasteiger partial charge on any atom is 0.433 e. The SMILES string of the molecule is O=C(CCSc1nc(-c2ccco2)cc(C(F)(F)F)n1)NC[C@@H]1CCCO1. The molecule has 0 aliphatic carbocycles. The highest BCUT2D eigenvalue weighted by Gasteiger charge is 2.34. The normalized spacial score (nSPS) is 17.2. The first-order chi connectivity index (χ1) is 12.9. The highest BCUT2D eigenvalue weighted by atomic mass is 32.2. The van der Waals surface area contributed by atoms with Crippen molar-refractivity contribution in [2.24, 2.45) is 0 Å². The van der Waals surface area contributed by atoms with Crippen LogP contribution in [0.1, 0.15) is 25.0 Å².